The average Bonchev–Trinajstić information content (AvgIpc) is 1.62. The van der Waals surface area contributed by atoms with E-state index in [1.807, 2.05) is 0 Å². The molecule has 0 aliphatic heterocycles. The van der Waals surface area contributed by atoms with Crippen molar-refractivity contribution in [3.05, 3.63) is 0 Å². The number of alkyl halides is 1. The van der Waals surface area contributed by atoms with Crippen LogP contribution in [0.5, 0.6) is 0 Å². The third kappa shape index (κ3) is 3.18. The molecule has 9 heavy (non-hydrogen) atoms. The van der Waals surface area contributed by atoms with Crippen molar-refractivity contribution >= 4 is 36.0 Å². The Kier molecular flexibility index (Phi) is 3.12. The van der Waals surface area contributed by atoms with Crippen molar-refractivity contribution in [3.63, 3.8) is 0 Å². The Morgan fingerprint density at radius 1 is 1.56 bits per heavy atom. The minimum Gasteiger partial charge on any atom is -0.323 e. The smallest absolute Gasteiger partial charge is 0.323 e. The van der Waals surface area contributed by atoms with E-state index in [0.717, 1.165) is 0 Å². The van der Waals surface area contributed by atoms with Crippen LogP contribution in [0.2, 0.25) is 0 Å². The van der Waals surface area contributed by atoms with Gasteiger partial charge in [0, 0.05) is 0 Å². The van der Waals surface area contributed by atoms with Crippen LogP contribution in [0.1, 0.15) is 0 Å². The predicted molar refractivity (Wildman–Crippen MR) is 32.5 cm³/mol. The van der Waals surface area contributed by atoms with E-state index in [9.17, 15) is 9.36 Å². The summed E-state index contributed by atoms with van der Waals surface area (Å²) in [5.74, 6) is 0. The molecule has 0 aliphatic rings. The summed E-state index contributed by atoms with van der Waals surface area (Å²) in [5, 5.41) is -3.16. The zero-order valence-corrected chi connectivity index (χ0v) is 6.40. The summed E-state index contributed by atoms with van der Waals surface area (Å²) in [7, 11) is -4.53. The van der Waals surface area contributed by atoms with Crippen molar-refractivity contribution in [2.24, 2.45) is 0 Å². The third-order valence-corrected chi connectivity index (χ3v) is 2.75. The summed E-state index contributed by atoms with van der Waals surface area (Å²) in [6, 6.07) is 0. The van der Waals surface area contributed by atoms with E-state index < -0.39 is 18.0 Å². The van der Waals surface area contributed by atoms with E-state index in [0.29, 0.717) is 0 Å². The molecule has 54 valence electrons. The van der Waals surface area contributed by atoms with Gasteiger partial charge in [-0.15, -0.1) is 0 Å². The van der Waals surface area contributed by atoms with Gasteiger partial charge in [-0.1, -0.05) is 11.6 Å². The van der Waals surface area contributed by atoms with E-state index in [1.165, 1.54) is 0 Å². The normalized spacial score (nSPS) is 15.1. The molecule has 0 spiro atoms. The molecule has 0 saturated carbocycles. The highest BCUT2D eigenvalue weighted by atomic mass is 35.5. The van der Waals surface area contributed by atoms with Gasteiger partial charge in [0.2, 0.25) is 5.12 Å². The molecule has 0 aromatic heterocycles. The van der Waals surface area contributed by atoms with Gasteiger partial charge in [-0.25, -0.2) is 0 Å². The number of halogens is 2. The zero-order valence-electron chi connectivity index (χ0n) is 3.99. The summed E-state index contributed by atoms with van der Waals surface area (Å²) >= 11 is 9.50. The molecule has 0 radical (unpaired) electrons. The first-order chi connectivity index (χ1) is 3.85. The SMILES string of the molecule is O=C(Cl)C(Cl)P(=O)(O)O. The van der Waals surface area contributed by atoms with E-state index in [1.54, 1.807) is 0 Å². The first kappa shape index (κ1) is 9.40. The van der Waals surface area contributed by atoms with Gasteiger partial charge >= 0.3 is 7.60 Å². The Morgan fingerprint density at radius 3 is 1.89 bits per heavy atom. The lowest BCUT2D eigenvalue weighted by Gasteiger charge is -2.04. The van der Waals surface area contributed by atoms with Crippen LogP contribution in [0.3, 0.4) is 0 Å². The van der Waals surface area contributed by atoms with Crippen molar-refractivity contribution in [3.8, 4) is 0 Å². The Morgan fingerprint density at radius 2 is 1.89 bits per heavy atom. The summed E-state index contributed by atoms with van der Waals surface area (Å²) in [5.41, 5.74) is 0. The lowest BCUT2D eigenvalue weighted by Crippen LogP contribution is -2.07. The van der Waals surface area contributed by atoms with Gasteiger partial charge in [0.25, 0.3) is 5.24 Å². The van der Waals surface area contributed by atoms with Crippen molar-refractivity contribution in [2.75, 3.05) is 0 Å². The highest BCUT2D eigenvalue weighted by Gasteiger charge is 2.31. The number of rotatable bonds is 2. The first-order valence-corrected chi connectivity index (χ1v) is 4.24. The zero-order chi connectivity index (χ0) is 7.65. The van der Waals surface area contributed by atoms with E-state index in [-0.39, 0.29) is 0 Å². The minimum absolute atomic E-state index is 1.25. The molecule has 0 rings (SSSR count). The van der Waals surface area contributed by atoms with Gasteiger partial charge in [0.05, 0.1) is 0 Å². The molecule has 0 saturated heterocycles. The lowest BCUT2D eigenvalue weighted by atomic mass is 10.9. The van der Waals surface area contributed by atoms with Gasteiger partial charge in [0.1, 0.15) is 0 Å². The van der Waals surface area contributed by atoms with Crippen LogP contribution in [-0.4, -0.2) is 20.1 Å². The van der Waals surface area contributed by atoms with Gasteiger partial charge < -0.3 is 9.79 Å². The minimum atomic E-state index is -4.53. The van der Waals surface area contributed by atoms with Crippen LogP contribution in [0.4, 0.5) is 0 Å². The summed E-state index contributed by atoms with van der Waals surface area (Å²) in [6.07, 6.45) is 0. The Hall–Kier alpha value is 0.400. The largest absolute Gasteiger partial charge is 0.352 e. The maximum Gasteiger partial charge on any atom is 0.352 e. The average molecular weight is 193 g/mol. The molecule has 0 amide bonds. The van der Waals surface area contributed by atoms with Crippen LogP contribution >= 0.6 is 30.8 Å². The second-order valence-corrected chi connectivity index (χ2v) is 4.04. The molecule has 1 atom stereocenters. The molecule has 0 aliphatic carbocycles. The summed E-state index contributed by atoms with van der Waals surface area (Å²) in [6.45, 7) is 0. The highest BCUT2D eigenvalue weighted by molar-refractivity contribution is 7.56. The Bertz CT molecular complexity index is 162. The quantitative estimate of drug-likeness (QED) is 0.380. The molecular weight excluding hydrogens is 190 g/mol. The van der Waals surface area contributed by atoms with Gasteiger partial charge in [-0.05, 0) is 11.6 Å². The first-order valence-electron chi connectivity index (χ1n) is 1.74. The molecule has 7 heteroatoms. The Labute approximate surface area is 60.9 Å². The van der Waals surface area contributed by atoms with E-state index >= 15 is 0 Å². The highest BCUT2D eigenvalue weighted by Crippen LogP contribution is 2.44. The lowest BCUT2D eigenvalue weighted by molar-refractivity contribution is -0.110. The van der Waals surface area contributed by atoms with Crippen LogP contribution in [0.15, 0.2) is 0 Å². The van der Waals surface area contributed by atoms with E-state index in [4.69, 9.17) is 21.4 Å². The third-order valence-electron chi connectivity index (χ3n) is 0.483. The molecule has 0 heterocycles. The van der Waals surface area contributed by atoms with E-state index in [2.05, 4.69) is 11.6 Å². The standard InChI is InChI=1S/C2H3Cl2O4P/c3-1(5)2(4)9(6,7)8/h2H,(H2,6,7,8). The number of hydrogen-bond donors (Lipinski definition) is 2. The summed E-state index contributed by atoms with van der Waals surface area (Å²) < 4.78 is 10.0. The molecule has 0 aromatic rings. The molecule has 1 unspecified atom stereocenters. The molecule has 2 N–H and O–H groups in total. The van der Waals surface area contributed by atoms with Crippen molar-refractivity contribution in [2.45, 2.75) is 5.12 Å². The van der Waals surface area contributed by atoms with Crippen LogP contribution < -0.4 is 0 Å². The second kappa shape index (κ2) is 2.99. The number of carbonyl (C=O) groups excluding carboxylic acids is 1. The molecular formula is C2H3Cl2O4P. The maximum atomic E-state index is 10.0. The fourth-order valence-electron chi connectivity index (χ4n) is 0.132. The number of hydrogen-bond acceptors (Lipinski definition) is 2. The Balaban J connectivity index is 4.23. The van der Waals surface area contributed by atoms with Crippen LogP contribution in [0, 0.1) is 0 Å². The van der Waals surface area contributed by atoms with Crippen LogP contribution in [0.25, 0.3) is 0 Å². The fraction of sp³-hybridized carbons (Fsp3) is 0.500. The van der Waals surface area contributed by atoms with Crippen LogP contribution in [-0.2, 0) is 9.36 Å². The monoisotopic (exact) mass is 192 g/mol. The fourth-order valence-corrected chi connectivity index (χ4v) is 0.778. The molecule has 0 aromatic carbocycles. The van der Waals surface area contributed by atoms with Gasteiger partial charge in [-0.3, -0.25) is 9.36 Å². The van der Waals surface area contributed by atoms with Gasteiger partial charge in [-0.2, -0.15) is 0 Å². The van der Waals surface area contributed by atoms with Gasteiger partial charge in [0.15, 0.2) is 0 Å². The summed E-state index contributed by atoms with van der Waals surface area (Å²) in [4.78, 5) is 26.2. The van der Waals surface area contributed by atoms with Crippen molar-refractivity contribution in [1.82, 2.24) is 0 Å². The van der Waals surface area contributed by atoms with Crippen molar-refractivity contribution in [1.29, 1.82) is 0 Å². The molecule has 0 bridgehead atoms. The van der Waals surface area contributed by atoms with Crippen molar-refractivity contribution < 1.29 is 19.1 Å². The molecule has 0 fully saturated rings. The predicted octanol–water partition coefficient (Wildman–Crippen LogP) is 0.494. The topological polar surface area (TPSA) is 74.6 Å². The second-order valence-electron chi connectivity index (χ2n) is 1.23. The number of carbonyl (C=O) groups is 1. The maximum absolute atomic E-state index is 10.0. The molecule has 4 nitrogen and oxygen atoms in total.